The van der Waals surface area contributed by atoms with E-state index in [2.05, 4.69) is 20.2 Å². The zero-order valence-corrected chi connectivity index (χ0v) is 15.7. The van der Waals surface area contributed by atoms with Gasteiger partial charge >= 0.3 is 0 Å². The van der Waals surface area contributed by atoms with E-state index < -0.39 is 0 Å². The van der Waals surface area contributed by atoms with E-state index in [1.807, 2.05) is 29.2 Å². The number of carbonyl (C=O) groups is 1. The van der Waals surface area contributed by atoms with Crippen LogP contribution >= 0.6 is 0 Å². The normalized spacial score (nSPS) is 15.5. The van der Waals surface area contributed by atoms with Gasteiger partial charge in [-0.05, 0) is 30.7 Å². The van der Waals surface area contributed by atoms with Crippen LogP contribution in [0.5, 0.6) is 0 Å². The Bertz CT molecular complexity index is 924. The van der Waals surface area contributed by atoms with E-state index in [9.17, 15) is 9.18 Å². The molecule has 2 aromatic carbocycles. The zero-order valence-electron chi connectivity index (χ0n) is 15.7. The molecule has 1 aliphatic rings. The molecule has 0 atom stereocenters. The number of halogens is 1. The predicted octanol–water partition coefficient (Wildman–Crippen LogP) is 2.85. The zero-order chi connectivity index (χ0) is 19.3. The van der Waals surface area contributed by atoms with Gasteiger partial charge in [-0.2, -0.15) is 0 Å². The fourth-order valence-corrected chi connectivity index (χ4v) is 3.56. The Morgan fingerprint density at radius 1 is 1.07 bits per heavy atom. The summed E-state index contributed by atoms with van der Waals surface area (Å²) in [5.74, 6) is 0.596. The topological polar surface area (TPSA) is 64.3 Å². The molecule has 28 heavy (non-hydrogen) atoms. The Hall–Kier alpha value is -2.93. The van der Waals surface area contributed by atoms with Crippen molar-refractivity contribution in [2.24, 2.45) is 0 Å². The molecule has 0 bridgehead atoms. The maximum atomic E-state index is 13.7. The molecule has 146 valence electrons. The van der Waals surface area contributed by atoms with E-state index in [4.69, 9.17) is 0 Å². The van der Waals surface area contributed by atoms with Crippen molar-refractivity contribution in [2.45, 2.75) is 13.0 Å². The molecule has 2 N–H and O–H groups in total. The molecule has 4 rings (SSSR count). The molecule has 1 fully saturated rings. The number of aromatic nitrogens is 2. The fraction of sp³-hybridized carbons (Fsp3) is 0.333. The second-order valence-corrected chi connectivity index (χ2v) is 7.04. The van der Waals surface area contributed by atoms with Crippen LogP contribution in [-0.2, 0) is 11.3 Å². The average Bonchev–Trinajstić information content (AvgIpc) is 2.97. The van der Waals surface area contributed by atoms with Gasteiger partial charge in [-0.3, -0.25) is 9.69 Å². The minimum Gasteiger partial charge on any atom is -0.374 e. The molecule has 0 spiro atoms. The van der Waals surface area contributed by atoms with Crippen molar-refractivity contribution in [3.63, 3.8) is 0 Å². The van der Waals surface area contributed by atoms with Crippen LogP contribution in [0.2, 0.25) is 0 Å². The molecule has 7 heteroatoms. The molecule has 1 saturated heterocycles. The highest BCUT2D eigenvalue weighted by atomic mass is 19.1. The highest BCUT2D eigenvalue weighted by molar-refractivity contribution is 5.81. The van der Waals surface area contributed by atoms with Gasteiger partial charge in [-0.1, -0.05) is 24.3 Å². The van der Waals surface area contributed by atoms with Crippen LogP contribution in [0.3, 0.4) is 0 Å². The molecular formula is C21H24FN5O. The largest absolute Gasteiger partial charge is 0.374 e. The Kier molecular flexibility index (Phi) is 5.53. The highest BCUT2D eigenvalue weighted by Gasteiger charge is 2.20. The van der Waals surface area contributed by atoms with E-state index in [1.54, 1.807) is 18.2 Å². The minimum absolute atomic E-state index is 0.00570. The first-order valence-corrected chi connectivity index (χ1v) is 9.61. The minimum atomic E-state index is -0.344. The van der Waals surface area contributed by atoms with Gasteiger partial charge in [0.25, 0.3) is 0 Å². The predicted molar refractivity (Wildman–Crippen MR) is 107 cm³/mol. The van der Waals surface area contributed by atoms with E-state index in [0.717, 1.165) is 42.9 Å². The Balaban J connectivity index is 1.30. The number of anilines is 1. The van der Waals surface area contributed by atoms with E-state index in [0.29, 0.717) is 18.8 Å². The molecule has 1 aliphatic heterocycles. The number of carbonyl (C=O) groups excluding carboxylic acids is 1. The molecule has 3 aromatic rings. The van der Waals surface area contributed by atoms with Crippen LogP contribution in [0.4, 0.5) is 10.1 Å². The third kappa shape index (κ3) is 4.31. The maximum absolute atomic E-state index is 13.7. The molecule has 2 heterocycles. The third-order valence-corrected chi connectivity index (χ3v) is 5.06. The lowest BCUT2D eigenvalue weighted by Crippen LogP contribution is -2.38. The quantitative estimate of drug-likeness (QED) is 0.713. The molecule has 0 saturated carbocycles. The highest BCUT2D eigenvalue weighted by Crippen LogP contribution is 2.14. The van der Waals surface area contributed by atoms with E-state index in [1.165, 1.54) is 6.07 Å². The van der Waals surface area contributed by atoms with E-state index >= 15 is 0 Å². The van der Waals surface area contributed by atoms with Crippen LogP contribution in [0.25, 0.3) is 11.0 Å². The van der Waals surface area contributed by atoms with Crippen molar-refractivity contribution in [1.82, 2.24) is 19.8 Å². The monoisotopic (exact) mass is 381 g/mol. The number of hydrogen-bond acceptors (Lipinski definition) is 4. The number of nitrogens with one attached hydrogen (secondary N) is 2. The number of hydrogen-bond donors (Lipinski definition) is 2. The van der Waals surface area contributed by atoms with Gasteiger partial charge in [0.1, 0.15) is 11.6 Å². The summed E-state index contributed by atoms with van der Waals surface area (Å²) in [7, 11) is 0. The molecular weight excluding hydrogens is 357 g/mol. The first-order chi connectivity index (χ1) is 13.7. The smallest absolute Gasteiger partial charge is 0.241 e. The van der Waals surface area contributed by atoms with Gasteiger partial charge < -0.3 is 15.2 Å². The lowest BCUT2D eigenvalue weighted by atomic mass is 10.3. The lowest BCUT2D eigenvalue weighted by molar-refractivity contribution is -0.129. The van der Waals surface area contributed by atoms with Crippen molar-refractivity contribution in [3.05, 3.63) is 60.2 Å². The first-order valence-electron chi connectivity index (χ1n) is 9.61. The summed E-state index contributed by atoms with van der Waals surface area (Å²) in [6, 6.07) is 14.4. The summed E-state index contributed by atoms with van der Waals surface area (Å²) in [6.07, 6.45) is 0.908. The Labute approximate surface area is 163 Å². The Morgan fingerprint density at radius 2 is 1.89 bits per heavy atom. The number of fused-ring (bicyclic) bond motifs is 1. The van der Waals surface area contributed by atoms with E-state index in [-0.39, 0.29) is 18.3 Å². The molecule has 0 unspecified atom stereocenters. The van der Waals surface area contributed by atoms with Gasteiger partial charge in [-0.15, -0.1) is 0 Å². The van der Waals surface area contributed by atoms with Crippen LogP contribution < -0.4 is 5.32 Å². The maximum Gasteiger partial charge on any atom is 0.241 e. The van der Waals surface area contributed by atoms with Crippen molar-refractivity contribution in [1.29, 1.82) is 0 Å². The van der Waals surface area contributed by atoms with Gasteiger partial charge in [0.05, 0.1) is 29.8 Å². The average molecular weight is 381 g/mol. The molecule has 0 aliphatic carbocycles. The number of aromatic amines is 1. The summed E-state index contributed by atoms with van der Waals surface area (Å²) in [5, 5.41) is 2.90. The van der Waals surface area contributed by atoms with Crippen molar-refractivity contribution in [2.75, 3.05) is 38.0 Å². The second-order valence-electron chi connectivity index (χ2n) is 7.04. The van der Waals surface area contributed by atoms with Crippen LogP contribution in [0.1, 0.15) is 12.2 Å². The summed E-state index contributed by atoms with van der Waals surface area (Å²) < 4.78 is 13.7. The molecule has 0 radical (unpaired) electrons. The SMILES string of the molecule is O=C(CNc1ccccc1F)N1CCCN(Cc2nc3ccccc3[nH]2)CC1. The van der Waals surface area contributed by atoms with Gasteiger partial charge in [0, 0.05) is 26.2 Å². The first kappa shape index (κ1) is 18.4. The molecule has 6 nitrogen and oxygen atoms in total. The number of para-hydroxylation sites is 3. The number of rotatable bonds is 5. The van der Waals surface area contributed by atoms with Gasteiger partial charge in [0.15, 0.2) is 0 Å². The summed E-state index contributed by atoms with van der Waals surface area (Å²) >= 11 is 0. The van der Waals surface area contributed by atoms with Gasteiger partial charge in [0.2, 0.25) is 5.91 Å². The lowest BCUT2D eigenvalue weighted by Gasteiger charge is -2.22. The molecule has 1 aromatic heterocycles. The van der Waals surface area contributed by atoms with Crippen molar-refractivity contribution in [3.8, 4) is 0 Å². The number of H-pyrrole nitrogens is 1. The van der Waals surface area contributed by atoms with Crippen LogP contribution in [0, 0.1) is 5.82 Å². The fourth-order valence-electron chi connectivity index (χ4n) is 3.56. The second kappa shape index (κ2) is 8.39. The Morgan fingerprint density at radius 3 is 2.75 bits per heavy atom. The number of benzene rings is 2. The standard InChI is InChI=1S/C21H24FN5O/c22-16-6-1-2-7-17(16)23-14-21(28)27-11-5-10-26(12-13-27)15-20-24-18-8-3-4-9-19(18)25-20/h1-4,6-9,23H,5,10-15H2,(H,24,25). The summed E-state index contributed by atoms with van der Waals surface area (Å²) in [5.41, 5.74) is 2.38. The van der Waals surface area contributed by atoms with Crippen molar-refractivity contribution >= 4 is 22.6 Å². The van der Waals surface area contributed by atoms with Crippen molar-refractivity contribution < 1.29 is 9.18 Å². The number of nitrogens with zero attached hydrogens (tertiary/aromatic N) is 3. The van der Waals surface area contributed by atoms with Crippen LogP contribution in [0.15, 0.2) is 48.5 Å². The van der Waals surface area contributed by atoms with Crippen LogP contribution in [-0.4, -0.2) is 58.4 Å². The van der Waals surface area contributed by atoms with Gasteiger partial charge in [-0.25, -0.2) is 9.37 Å². The number of amides is 1. The summed E-state index contributed by atoms with van der Waals surface area (Å²) in [4.78, 5) is 24.7. The third-order valence-electron chi connectivity index (χ3n) is 5.06. The number of imidazole rings is 1. The molecule has 1 amide bonds. The summed E-state index contributed by atoms with van der Waals surface area (Å²) in [6.45, 7) is 3.94.